The molecule has 57 heavy (non-hydrogen) atoms. The Kier molecular flexibility index (Phi) is 7.34. The number of nitrogens with zero attached hydrogens (tertiary/aromatic N) is 3. The molecule has 0 N–H and O–H groups in total. The Balaban J connectivity index is 1.03. The highest BCUT2D eigenvalue weighted by Crippen LogP contribution is 2.52. The van der Waals surface area contributed by atoms with E-state index in [0.717, 1.165) is 79.4 Å². The largest absolute Gasteiger partial charge is 0.453 e. The van der Waals surface area contributed by atoms with Gasteiger partial charge in [-0.3, -0.25) is 9.59 Å². The summed E-state index contributed by atoms with van der Waals surface area (Å²) in [6.07, 6.45) is 0. The zero-order valence-electron chi connectivity index (χ0n) is 30.4. The minimum atomic E-state index is -0.341. The maximum absolute atomic E-state index is 14.0. The van der Waals surface area contributed by atoms with E-state index in [1.807, 2.05) is 103 Å². The van der Waals surface area contributed by atoms with E-state index < -0.39 is 0 Å². The quantitative estimate of drug-likeness (QED) is 0.164. The van der Waals surface area contributed by atoms with E-state index in [0.29, 0.717) is 16.8 Å². The van der Waals surface area contributed by atoms with Gasteiger partial charge in [0.05, 0.1) is 39.6 Å². The highest BCUT2D eigenvalue weighted by atomic mass is 16.5. The van der Waals surface area contributed by atoms with Gasteiger partial charge in [-0.1, -0.05) is 91.0 Å². The van der Waals surface area contributed by atoms with Crippen molar-refractivity contribution in [3.63, 3.8) is 0 Å². The Morgan fingerprint density at radius 2 is 0.614 bits per heavy atom. The molecule has 0 atom stereocenters. The number of benzene rings is 8. The van der Waals surface area contributed by atoms with Crippen molar-refractivity contribution in [1.82, 2.24) is 0 Å². The minimum Gasteiger partial charge on any atom is -0.453 e. The second-order valence-corrected chi connectivity index (χ2v) is 14.1. The van der Waals surface area contributed by atoms with E-state index in [-0.39, 0.29) is 11.8 Å². The van der Waals surface area contributed by atoms with Crippen molar-refractivity contribution in [2.75, 3.05) is 14.7 Å². The molecule has 7 heteroatoms. The van der Waals surface area contributed by atoms with Crippen LogP contribution in [0, 0.1) is 0 Å². The van der Waals surface area contributed by atoms with Crippen molar-refractivity contribution in [3.8, 4) is 45.3 Å². The van der Waals surface area contributed by atoms with Gasteiger partial charge in [-0.2, -0.15) is 0 Å². The second kappa shape index (κ2) is 12.9. The second-order valence-electron chi connectivity index (χ2n) is 14.1. The van der Waals surface area contributed by atoms with Crippen LogP contribution in [0.3, 0.4) is 0 Å². The highest BCUT2D eigenvalue weighted by Gasteiger charge is 2.38. The summed E-state index contributed by atoms with van der Waals surface area (Å²) in [7, 11) is 0. The van der Waals surface area contributed by atoms with Gasteiger partial charge in [0.2, 0.25) is 0 Å². The first kappa shape index (κ1) is 32.5. The van der Waals surface area contributed by atoms with Crippen molar-refractivity contribution >= 4 is 51.6 Å². The van der Waals surface area contributed by atoms with Crippen LogP contribution >= 0.6 is 0 Å². The maximum Gasteiger partial charge on any atom is 0.266 e. The number of carbonyl (C=O) groups excluding carboxylic acids is 2. The van der Waals surface area contributed by atoms with Gasteiger partial charge in [0.1, 0.15) is 0 Å². The Labute approximate surface area is 328 Å². The van der Waals surface area contributed by atoms with Crippen LogP contribution in [-0.4, -0.2) is 11.8 Å². The van der Waals surface area contributed by atoms with Crippen molar-refractivity contribution in [1.29, 1.82) is 0 Å². The molecule has 0 bridgehead atoms. The number of rotatable bonds is 5. The Bertz CT molecular complexity index is 2640. The lowest BCUT2D eigenvalue weighted by atomic mass is 9.90. The molecule has 3 heterocycles. The fourth-order valence-corrected chi connectivity index (χ4v) is 8.12. The monoisotopic (exact) mass is 737 g/mol. The third-order valence-corrected chi connectivity index (χ3v) is 10.8. The molecule has 0 saturated heterocycles. The lowest BCUT2D eigenvalue weighted by Crippen LogP contribution is -2.29. The molecule has 8 aromatic carbocycles. The Morgan fingerprint density at radius 1 is 0.298 bits per heavy atom. The van der Waals surface area contributed by atoms with E-state index >= 15 is 0 Å². The van der Waals surface area contributed by atoms with Crippen molar-refractivity contribution in [3.05, 3.63) is 199 Å². The highest BCUT2D eigenvalue weighted by molar-refractivity contribution is 6.35. The molecule has 270 valence electrons. The number of ether oxygens (including phenoxy) is 2. The third kappa shape index (κ3) is 5.21. The average molecular weight is 738 g/mol. The number of fused-ring (bicyclic) bond motifs is 5. The number of anilines is 7. The molecule has 8 aromatic rings. The van der Waals surface area contributed by atoms with E-state index in [4.69, 9.17) is 9.47 Å². The van der Waals surface area contributed by atoms with Crippen LogP contribution in [0.15, 0.2) is 188 Å². The van der Waals surface area contributed by atoms with Crippen LogP contribution < -0.4 is 24.2 Å². The topological polar surface area (TPSA) is 62.3 Å². The smallest absolute Gasteiger partial charge is 0.266 e. The summed E-state index contributed by atoms with van der Waals surface area (Å²) < 4.78 is 12.5. The fraction of sp³-hybridized carbons (Fsp3) is 0. The van der Waals surface area contributed by atoms with Crippen LogP contribution in [-0.2, 0) is 0 Å². The molecule has 0 spiro atoms. The summed E-state index contributed by atoms with van der Waals surface area (Å²) in [5.74, 6) is 2.43. The molecule has 11 rings (SSSR count). The zero-order valence-corrected chi connectivity index (χ0v) is 30.4. The average Bonchev–Trinajstić information content (AvgIpc) is 3.52. The van der Waals surface area contributed by atoms with Gasteiger partial charge in [-0.05, 0) is 119 Å². The number of hydrogen-bond acceptors (Lipinski definition) is 6. The van der Waals surface area contributed by atoms with Crippen LogP contribution in [0.25, 0.3) is 22.3 Å². The first-order valence-electron chi connectivity index (χ1n) is 18.8. The molecule has 0 fully saturated rings. The fourth-order valence-electron chi connectivity index (χ4n) is 8.12. The predicted molar refractivity (Wildman–Crippen MR) is 224 cm³/mol. The van der Waals surface area contributed by atoms with Gasteiger partial charge in [0, 0.05) is 11.4 Å². The van der Waals surface area contributed by atoms with Gasteiger partial charge < -0.3 is 19.3 Å². The number of hydrogen-bond donors (Lipinski definition) is 0. The predicted octanol–water partition coefficient (Wildman–Crippen LogP) is 13.0. The molecule has 0 aromatic heterocycles. The van der Waals surface area contributed by atoms with Gasteiger partial charge in [0.25, 0.3) is 11.8 Å². The summed E-state index contributed by atoms with van der Waals surface area (Å²) in [5, 5.41) is 0. The first-order chi connectivity index (χ1) is 28.1. The van der Waals surface area contributed by atoms with E-state index in [1.54, 1.807) is 12.1 Å². The third-order valence-electron chi connectivity index (χ3n) is 10.8. The molecule has 7 nitrogen and oxygen atoms in total. The zero-order chi connectivity index (χ0) is 38.0. The molecule has 0 saturated carbocycles. The van der Waals surface area contributed by atoms with Crippen molar-refractivity contribution in [2.24, 2.45) is 0 Å². The normalized spacial score (nSPS) is 13.5. The van der Waals surface area contributed by atoms with Crippen molar-refractivity contribution in [2.45, 2.75) is 0 Å². The molecule has 0 aliphatic carbocycles. The molecule has 0 radical (unpaired) electrons. The summed E-state index contributed by atoms with van der Waals surface area (Å²) in [6.45, 7) is 0. The number of carbonyl (C=O) groups is 2. The summed E-state index contributed by atoms with van der Waals surface area (Å²) in [6, 6.07) is 61.5. The minimum absolute atomic E-state index is 0.341. The van der Waals surface area contributed by atoms with Crippen LogP contribution in [0.5, 0.6) is 23.0 Å². The van der Waals surface area contributed by atoms with Crippen molar-refractivity contribution < 1.29 is 19.1 Å². The SMILES string of the molecule is O=C1c2cc(-c3ccc(N4c5ccccc5Oc5ccccc54)cc3)c(-c3ccc(N4c5ccccc5Oc5ccccc54)cc3)cc2C(=O)N1c1ccccc1. The molecular formula is C50H31N3O4. The van der Waals surface area contributed by atoms with Crippen LogP contribution in [0.1, 0.15) is 20.7 Å². The lowest BCUT2D eigenvalue weighted by molar-refractivity contribution is 0.0926. The molecular weight excluding hydrogens is 707 g/mol. The summed E-state index contributed by atoms with van der Waals surface area (Å²) in [4.78, 5) is 33.7. The van der Waals surface area contributed by atoms with Gasteiger partial charge >= 0.3 is 0 Å². The van der Waals surface area contributed by atoms with E-state index in [2.05, 4.69) is 82.6 Å². The maximum atomic E-state index is 14.0. The van der Waals surface area contributed by atoms with Gasteiger partial charge in [-0.25, -0.2) is 4.90 Å². The van der Waals surface area contributed by atoms with Gasteiger partial charge in [0.15, 0.2) is 23.0 Å². The van der Waals surface area contributed by atoms with E-state index in [9.17, 15) is 9.59 Å². The molecule has 3 aliphatic heterocycles. The molecule has 0 unspecified atom stereocenters. The van der Waals surface area contributed by atoms with Gasteiger partial charge in [-0.15, -0.1) is 0 Å². The number of para-hydroxylation sites is 9. The standard InChI is InChI=1S/C50H31N3O4/c54-49-39-30-37(32-22-26-35(27-23-32)51-41-14-4-8-18-45(41)56-46-19-9-5-15-42(46)51)38(31-40(39)50(55)53(49)34-12-2-1-3-13-34)33-24-28-36(29-25-33)52-43-16-6-10-20-47(43)57-48-21-11-7-17-44(48)52/h1-31H. The number of amides is 2. The van der Waals surface area contributed by atoms with Crippen LogP contribution in [0.4, 0.5) is 39.8 Å². The first-order valence-corrected chi connectivity index (χ1v) is 18.8. The van der Waals surface area contributed by atoms with E-state index in [1.165, 1.54) is 4.90 Å². The summed E-state index contributed by atoms with van der Waals surface area (Å²) >= 11 is 0. The summed E-state index contributed by atoms with van der Waals surface area (Å²) in [5.41, 5.74) is 10.5. The molecule has 2 amide bonds. The number of imide groups is 1. The molecule has 3 aliphatic rings. The Hall–Kier alpha value is -7.90. The lowest BCUT2D eigenvalue weighted by Gasteiger charge is -2.33. The Morgan fingerprint density at radius 3 is 0.982 bits per heavy atom. The van der Waals surface area contributed by atoms with Crippen LogP contribution in [0.2, 0.25) is 0 Å².